The van der Waals surface area contributed by atoms with E-state index in [0.29, 0.717) is 29.7 Å². The van der Waals surface area contributed by atoms with Gasteiger partial charge in [0, 0.05) is 36.1 Å². The molecular formula is C21H20BrCl2N2O2-. The Hall–Kier alpha value is -1.79. The van der Waals surface area contributed by atoms with E-state index in [2.05, 4.69) is 26.2 Å². The van der Waals surface area contributed by atoms with Gasteiger partial charge >= 0.3 is 0 Å². The van der Waals surface area contributed by atoms with Crippen LogP contribution in [-0.2, 0) is 19.7 Å². The topological polar surface area (TPSA) is 43.4 Å². The van der Waals surface area contributed by atoms with Crippen molar-refractivity contribution in [3.63, 3.8) is 0 Å². The number of methoxy groups -OCH3 is 1. The molecule has 3 rings (SSSR count). The largest absolute Gasteiger partial charge is 1.00 e. The molecule has 0 aliphatic heterocycles. The fourth-order valence-corrected chi connectivity index (χ4v) is 3.43. The summed E-state index contributed by atoms with van der Waals surface area (Å²) < 4.78 is 12.3. The fourth-order valence-electron chi connectivity index (χ4n) is 2.63. The highest BCUT2D eigenvalue weighted by Crippen LogP contribution is 2.37. The van der Waals surface area contributed by atoms with Gasteiger partial charge in [-0.3, -0.25) is 4.98 Å². The van der Waals surface area contributed by atoms with E-state index in [4.69, 9.17) is 21.1 Å². The molecular weight excluding hydrogens is 463 g/mol. The molecule has 0 aliphatic carbocycles. The maximum atomic E-state index is 6.20. The normalized spacial score (nSPS) is 10.2. The number of aromatic nitrogens is 1. The second-order valence-electron chi connectivity index (χ2n) is 5.95. The average molecular weight is 483 g/mol. The zero-order valence-electron chi connectivity index (χ0n) is 15.3. The van der Waals surface area contributed by atoms with E-state index in [1.54, 1.807) is 13.3 Å². The molecule has 1 aromatic heterocycles. The van der Waals surface area contributed by atoms with Gasteiger partial charge in [0.2, 0.25) is 0 Å². The van der Waals surface area contributed by atoms with Crippen LogP contribution in [0.1, 0.15) is 16.7 Å². The molecule has 0 saturated heterocycles. The zero-order valence-corrected chi connectivity index (χ0v) is 18.4. The second-order valence-corrected chi connectivity index (χ2v) is 7.22. The molecule has 0 atom stereocenters. The van der Waals surface area contributed by atoms with Gasteiger partial charge in [-0.1, -0.05) is 35.9 Å². The molecule has 7 heteroatoms. The van der Waals surface area contributed by atoms with Crippen LogP contribution in [0.3, 0.4) is 0 Å². The van der Waals surface area contributed by atoms with Gasteiger partial charge in [0.25, 0.3) is 0 Å². The first-order chi connectivity index (χ1) is 13.2. The smallest absolute Gasteiger partial charge is 0.175 e. The second kappa shape index (κ2) is 11.3. The zero-order chi connectivity index (χ0) is 19.1. The Bertz CT molecular complexity index is 895. The molecule has 1 heterocycles. The number of rotatable bonds is 8. The third kappa shape index (κ3) is 6.11. The van der Waals surface area contributed by atoms with Gasteiger partial charge < -0.3 is 27.2 Å². The van der Waals surface area contributed by atoms with E-state index in [-0.39, 0.29) is 12.4 Å². The minimum absolute atomic E-state index is 0. The minimum atomic E-state index is 0. The van der Waals surface area contributed by atoms with Gasteiger partial charge in [-0.15, -0.1) is 0 Å². The predicted octanol–water partition coefficient (Wildman–Crippen LogP) is 2.38. The van der Waals surface area contributed by atoms with Crippen molar-refractivity contribution >= 4 is 27.5 Å². The lowest BCUT2D eigenvalue weighted by Crippen LogP contribution is -3.00. The molecule has 28 heavy (non-hydrogen) atoms. The molecule has 3 aromatic rings. The predicted molar refractivity (Wildman–Crippen MR) is 111 cm³/mol. The molecule has 0 spiro atoms. The Morgan fingerprint density at radius 3 is 2.57 bits per heavy atom. The highest BCUT2D eigenvalue weighted by atomic mass is 79.9. The van der Waals surface area contributed by atoms with Crippen molar-refractivity contribution < 1.29 is 21.9 Å². The van der Waals surface area contributed by atoms with E-state index in [9.17, 15) is 0 Å². The number of halogens is 3. The summed E-state index contributed by atoms with van der Waals surface area (Å²) in [7, 11) is 1.64. The Morgan fingerprint density at radius 2 is 1.86 bits per heavy atom. The van der Waals surface area contributed by atoms with Gasteiger partial charge in [-0.05, 0) is 51.3 Å². The first kappa shape index (κ1) is 22.5. The molecule has 1 N–H and O–H groups in total. The monoisotopic (exact) mass is 481 g/mol. The number of ether oxygens (including phenoxy) is 2. The fraction of sp³-hybridized carbons (Fsp3) is 0.190. The minimum Gasteiger partial charge on any atom is -1.00 e. The van der Waals surface area contributed by atoms with Crippen LogP contribution in [0.2, 0.25) is 5.02 Å². The van der Waals surface area contributed by atoms with Crippen LogP contribution in [-0.4, -0.2) is 12.1 Å². The van der Waals surface area contributed by atoms with Crippen LogP contribution in [0.4, 0.5) is 0 Å². The molecule has 148 valence electrons. The van der Waals surface area contributed by atoms with Gasteiger partial charge in [-0.25, -0.2) is 0 Å². The van der Waals surface area contributed by atoms with Crippen molar-refractivity contribution in [3.05, 3.63) is 87.1 Å². The quantitative estimate of drug-likeness (QED) is 0.535. The number of pyridine rings is 1. The number of nitrogens with one attached hydrogen (secondary N) is 1. The summed E-state index contributed by atoms with van der Waals surface area (Å²) in [4.78, 5) is 4.12. The van der Waals surface area contributed by atoms with Crippen molar-refractivity contribution in [1.29, 1.82) is 0 Å². The summed E-state index contributed by atoms with van der Waals surface area (Å²) in [5.74, 6) is 1.34. The SMILES string of the molecule is COc1cc(CNCc2cccnc2)cc(Br)c1OCc1ccccc1Cl.[Cl-]. The van der Waals surface area contributed by atoms with E-state index >= 15 is 0 Å². The van der Waals surface area contributed by atoms with Crippen molar-refractivity contribution in [2.45, 2.75) is 19.7 Å². The third-order valence-electron chi connectivity index (χ3n) is 4.00. The van der Waals surface area contributed by atoms with E-state index in [1.165, 1.54) is 0 Å². The van der Waals surface area contributed by atoms with Crippen molar-refractivity contribution in [2.24, 2.45) is 0 Å². The summed E-state index contributed by atoms with van der Waals surface area (Å²) in [5, 5.41) is 4.09. The van der Waals surface area contributed by atoms with Crippen LogP contribution >= 0.6 is 27.5 Å². The summed E-state index contributed by atoms with van der Waals surface area (Å²) in [6.45, 7) is 1.82. The van der Waals surface area contributed by atoms with Crippen molar-refractivity contribution in [3.8, 4) is 11.5 Å². The number of hydrogen-bond donors (Lipinski definition) is 1. The molecule has 0 radical (unpaired) electrons. The molecule has 0 bridgehead atoms. The molecule has 0 saturated carbocycles. The Labute approximate surface area is 184 Å². The molecule has 0 amide bonds. The number of hydrogen-bond acceptors (Lipinski definition) is 4. The maximum Gasteiger partial charge on any atom is 0.175 e. The van der Waals surface area contributed by atoms with E-state index < -0.39 is 0 Å². The van der Waals surface area contributed by atoms with Crippen LogP contribution < -0.4 is 27.2 Å². The average Bonchev–Trinajstić information content (AvgIpc) is 2.69. The van der Waals surface area contributed by atoms with Crippen LogP contribution in [0.5, 0.6) is 11.5 Å². The summed E-state index contributed by atoms with van der Waals surface area (Å²) in [6, 6.07) is 15.6. The lowest BCUT2D eigenvalue weighted by atomic mass is 10.2. The Balaban J connectivity index is 0.00000280. The number of nitrogens with zero attached hydrogens (tertiary/aromatic N) is 1. The Morgan fingerprint density at radius 1 is 1.07 bits per heavy atom. The lowest BCUT2D eigenvalue weighted by Gasteiger charge is -2.15. The molecule has 2 aromatic carbocycles. The van der Waals surface area contributed by atoms with Crippen LogP contribution in [0, 0.1) is 0 Å². The van der Waals surface area contributed by atoms with Gasteiger partial charge in [0.15, 0.2) is 11.5 Å². The van der Waals surface area contributed by atoms with Crippen LogP contribution in [0.25, 0.3) is 0 Å². The van der Waals surface area contributed by atoms with Crippen molar-refractivity contribution in [2.75, 3.05) is 7.11 Å². The highest BCUT2D eigenvalue weighted by Gasteiger charge is 2.13. The highest BCUT2D eigenvalue weighted by molar-refractivity contribution is 9.10. The van der Waals surface area contributed by atoms with Gasteiger partial charge in [-0.2, -0.15) is 0 Å². The lowest BCUT2D eigenvalue weighted by molar-refractivity contribution is -0.00000587. The van der Waals surface area contributed by atoms with E-state index in [0.717, 1.165) is 27.7 Å². The summed E-state index contributed by atoms with van der Waals surface area (Å²) in [5.41, 5.74) is 3.16. The van der Waals surface area contributed by atoms with E-state index in [1.807, 2.05) is 54.7 Å². The third-order valence-corrected chi connectivity index (χ3v) is 4.96. The maximum absolute atomic E-state index is 6.20. The summed E-state index contributed by atoms with van der Waals surface area (Å²) in [6.07, 6.45) is 3.63. The molecule has 4 nitrogen and oxygen atoms in total. The summed E-state index contributed by atoms with van der Waals surface area (Å²) >= 11 is 9.79. The van der Waals surface area contributed by atoms with Gasteiger partial charge in [0.05, 0.1) is 11.6 Å². The molecule has 0 unspecified atom stereocenters. The molecule has 0 fully saturated rings. The Kier molecular flexibility index (Phi) is 9.06. The number of benzene rings is 2. The van der Waals surface area contributed by atoms with Crippen LogP contribution in [0.15, 0.2) is 65.4 Å². The van der Waals surface area contributed by atoms with Crippen molar-refractivity contribution in [1.82, 2.24) is 10.3 Å². The standard InChI is InChI=1S/C21H20BrClN2O2.ClH/c1-26-20-10-16(13-25-12-15-5-4-8-24-11-15)9-18(22)21(20)27-14-17-6-2-3-7-19(17)23;/h2-11,25H,12-14H2,1H3;1H/p-1. The first-order valence-electron chi connectivity index (χ1n) is 8.49. The first-order valence-corrected chi connectivity index (χ1v) is 9.66. The molecule has 0 aliphatic rings. The van der Waals surface area contributed by atoms with Gasteiger partial charge in [0.1, 0.15) is 6.61 Å².